The number of aromatic nitrogens is 1. The Hall–Kier alpha value is -2.64. The van der Waals surface area contributed by atoms with Crippen LogP contribution in [0.25, 0.3) is 0 Å². The third kappa shape index (κ3) is 6.17. The fourth-order valence-electron chi connectivity index (χ4n) is 3.35. The van der Waals surface area contributed by atoms with Gasteiger partial charge in [-0.05, 0) is 50.2 Å². The van der Waals surface area contributed by atoms with Crippen LogP contribution >= 0.6 is 0 Å². The molecule has 1 aromatic heterocycles. The summed E-state index contributed by atoms with van der Waals surface area (Å²) in [7, 11) is 0. The number of anilines is 3. The van der Waals surface area contributed by atoms with E-state index in [4.69, 9.17) is 4.74 Å². The second-order valence-corrected chi connectivity index (χ2v) is 6.99. The number of morpholine rings is 1. The quantitative estimate of drug-likeness (QED) is 0.678. The molecule has 156 valence electrons. The van der Waals surface area contributed by atoms with Crippen LogP contribution in [0.2, 0.25) is 0 Å². The molecule has 1 fully saturated rings. The van der Waals surface area contributed by atoms with Crippen molar-refractivity contribution in [2.24, 2.45) is 0 Å². The molecular formula is C22H31N5O2. The average molecular weight is 398 g/mol. The van der Waals surface area contributed by atoms with Gasteiger partial charge in [0.05, 0.1) is 18.8 Å². The second kappa shape index (κ2) is 10.8. The molecule has 1 aliphatic heterocycles. The van der Waals surface area contributed by atoms with E-state index in [9.17, 15) is 4.79 Å². The first-order chi connectivity index (χ1) is 14.2. The van der Waals surface area contributed by atoms with Gasteiger partial charge in [0, 0.05) is 56.8 Å². The zero-order valence-corrected chi connectivity index (χ0v) is 17.4. The molecule has 0 radical (unpaired) electrons. The van der Waals surface area contributed by atoms with Gasteiger partial charge in [-0.2, -0.15) is 0 Å². The third-order valence-electron chi connectivity index (χ3n) is 5.12. The summed E-state index contributed by atoms with van der Waals surface area (Å²) in [5, 5.41) is 6.24. The molecular weight excluding hydrogens is 366 g/mol. The summed E-state index contributed by atoms with van der Waals surface area (Å²) in [4.78, 5) is 21.5. The van der Waals surface area contributed by atoms with Gasteiger partial charge in [-0.25, -0.2) is 4.98 Å². The van der Waals surface area contributed by atoms with Gasteiger partial charge in [-0.15, -0.1) is 0 Å². The van der Waals surface area contributed by atoms with E-state index >= 15 is 0 Å². The van der Waals surface area contributed by atoms with Crippen molar-refractivity contribution in [3.63, 3.8) is 0 Å². The number of pyridine rings is 1. The lowest BCUT2D eigenvalue weighted by Gasteiger charge is -2.26. The predicted molar refractivity (Wildman–Crippen MR) is 118 cm³/mol. The summed E-state index contributed by atoms with van der Waals surface area (Å²) < 4.78 is 5.35. The van der Waals surface area contributed by atoms with Crippen molar-refractivity contribution in [1.29, 1.82) is 0 Å². The summed E-state index contributed by atoms with van der Waals surface area (Å²) in [6, 6.07) is 11.6. The molecule has 0 unspecified atom stereocenters. The minimum atomic E-state index is -0.159. The van der Waals surface area contributed by atoms with Crippen LogP contribution in [0.5, 0.6) is 0 Å². The van der Waals surface area contributed by atoms with Crippen molar-refractivity contribution in [1.82, 2.24) is 9.88 Å². The average Bonchev–Trinajstić information content (AvgIpc) is 2.77. The molecule has 1 aliphatic rings. The van der Waals surface area contributed by atoms with Gasteiger partial charge in [-0.1, -0.05) is 0 Å². The van der Waals surface area contributed by atoms with Gasteiger partial charge in [0.2, 0.25) is 0 Å². The number of carbonyl (C=O) groups excluding carboxylic acids is 1. The Balaban J connectivity index is 1.48. The molecule has 0 aliphatic carbocycles. The highest BCUT2D eigenvalue weighted by atomic mass is 16.5. The number of benzene rings is 1. The van der Waals surface area contributed by atoms with E-state index in [0.29, 0.717) is 5.56 Å². The van der Waals surface area contributed by atoms with Crippen molar-refractivity contribution in [2.75, 3.05) is 68.0 Å². The lowest BCUT2D eigenvalue weighted by atomic mass is 10.2. The highest BCUT2D eigenvalue weighted by Crippen LogP contribution is 2.18. The van der Waals surface area contributed by atoms with Crippen LogP contribution < -0.4 is 15.5 Å². The summed E-state index contributed by atoms with van der Waals surface area (Å²) >= 11 is 0. The number of hydrogen-bond donors (Lipinski definition) is 2. The van der Waals surface area contributed by atoms with Gasteiger partial charge in [-0.3, -0.25) is 9.69 Å². The minimum absolute atomic E-state index is 0.159. The van der Waals surface area contributed by atoms with Crippen molar-refractivity contribution in [2.45, 2.75) is 13.8 Å². The molecule has 0 atom stereocenters. The standard InChI is InChI=1S/C22H31N5O2/c1-3-27(4-2)20-8-6-19(7-9-20)25-22(28)18-5-10-21(24-17-18)23-11-12-26-13-15-29-16-14-26/h5-10,17H,3-4,11-16H2,1-2H3,(H,23,24)(H,25,28). The first-order valence-electron chi connectivity index (χ1n) is 10.4. The number of hydrogen-bond acceptors (Lipinski definition) is 6. The molecule has 2 heterocycles. The molecule has 1 aromatic carbocycles. The van der Waals surface area contributed by atoms with Crippen molar-refractivity contribution in [3.8, 4) is 0 Å². The number of carbonyl (C=O) groups is 1. The topological polar surface area (TPSA) is 69.7 Å². The Morgan fingerprint density at radius 2 is 1.83 bits per heavy atom. The fraction of sp³-hybridized carbons (Fsp3) is 0.455. The lowest BCUT2D eigenvalue weighted by molar-refractivity contribution is 0.0398. The smallest absolute Gasteiger partial charge is 0.257 e. The number of ether oxygens (including phenoxy) is 1. The molecule has 29 heavy (non-hydrogen) atoms. The Kier molecular flexibility index (Phi) is 7.84. The first kappa shape index (κ1) is 21.1. The maximum Gasteiger partial charge on any atom is 0.257 e. The van der Waals surface area contributed by atoms with Crippen molar-refractivity contribution in [3.05, 3.63) is 48.2 Å². The molecule has 7 nitrogen and oxygen atoms in total. The van der Waals surface area contributed by atoms with E-state index in [0.717, 1.165) is 69.7 Å². The van der Waals surface area contributed by atoms with E-state index < -0.39 is 0 Å². The summed E-state index contributed by atoms with van der Waals surface area (Å²) in [6.07, 6.45) is 1.61. The van der Waals surface area contributed by atoms with E-state index in [1.165, 1.54) is 0 Å². The molecule has 1 saturated heterocycles. The number of nitrogens with zero attached hydrogens (tertiary/aromatic N) is 3. The SMILES string of the molecule is CCN(CC)c1ccc(NC(=O)c2ccc(NCCN3CCOCC3)nc2)cc1. The van der Waals surface area contributed by atoms with Crippen LogP contribution in [0.15, 0.2) is 42.6 Å². The Bertz CT molecular complexity index is 754. The minimum Gasteiger partial charge on any atom is -0.379 e. The van der Waals surface area contributed by atoms with Gasteiger partial charge in [0.1, 0.15) is 5.82 Å². The van der Waals surface area contributed by atoms with E-state index in [-0.39, 0.29) is 5.91 Å². The molecule has 0 bridgehead atoms. The lowest BCUT2D eigenvalue weighted by Crippen LogP contribution is -2.39. The van der Waals surface area contributed by atoms with Crippen LogP contribution in [0, 0.1) is 0 Å². The monoisotopic (exact) mass is 397 g/mol. The maximum absolute atomic E-state index is 12.5. The van der Waals surface area contributed by atoms with Crippen molar-refractivity contribution >= 4 is 23.1 Å². The Labute approximate surface area is 173 Å². The Morgan fingerprint density at radius 1 is 1.10 bits per heavy atom. The molecule has 1 amide bonds. The zero-order valence-electron chi connectivity index (χ0n) is 17.4. The van der Waals surface area contributed by atoms with E-state index in [1.54, 1.807) is 12.3 Å². The second-order valence-electron chi connectivity index (χ2n) is 6.99. The highest BCUT2D eigenvalue weighted by Gasteiger charge is 2.10. The number of rotatable bonds is 9. The van der Waals surface area contributed by atoms with Crippen LogP contribution in [-0.4, -0.2) is 68.3 Å². The Morgan fingerprint density at radius 3 is 2.45 bits per heavy atom. The predicted octanol–water partition coefficient (Wildman–Crippen LogP) is 2.92. The largest absolute Gasteiger partial charge is 0.379 e. The number of amides is 1. The molecule has 0 spiro atoms. The van der Waals surface area contributed by atoms with E-state index in [2.05, 4.69) is 39.3 Å². The van der Waals surface area contributed by atoms with Crippen LogP contribution in [0.3, 0.4) is 0 Å². The molecule has 7 heteroatoms. The van der Waals surface area contributed by atoms with Crippen LogP contribution in [-0.2, 0) is 4.74 Å². The van der Waals surface area contributed by atoms with E-state index in [1.807, 2.05) is 30.3 Å². The number of nitrogens with one attached hydrogen (secondary N) is 2. The molecule has 2 aromatic rings. The summed E-state index contributed by atoms with van der Waals surface area (Å²) in [6.45, 7) is 11.5. The van der Waals surface area contributed by atoms with Crippen LogP contribution in [0.1, 0.15) is 24.2 Å². The maximum atomic E-state index is 12.5. The van der Waals surface area contributed by atoms with Crippen LogP contribution in [0.4, 0.5) is 17.2 Å². The van der Waals surface area contributed by atoms with Gasteiger partial charge in [0.15, 0.2) is 0 Å². The molecule has 3 rings (SSSR count). The first-order valence-corrected chi connectivity index (χ1v) is 10.4. The third-order valence-corrected chi connectivity index (χ3v) is 5.12. The molecule has 2 N–H and O–H groups in total. The van der Waals surface area contributed by atoms with Crippen molar-refractivity contribution < 1.29 is 9.53 Å². The normalized spacial score (nSPS) is 14.4. The zero-order chi connectivity index (χ0) is 20.5. The summed E-state index contributed by atoms with van der Waals surface area (Å²) in [5.74, 6) is 0.617. The van der Waals surface area contributed by atoms with Gasteiger partial charge < -0.3 is 20.3 Å². The van der Waals surface area contributed by atoms with Gasteiger partial charge in [0.25, 0.3) is 5.91 Å². The molecule has 0 saturated carbocycles. The fourth-order valence-corrected chi connectivity index (χ4v) is 3.35. The highest BCUT2D eigenvalue weighted by molar-refractivity contribution is 6.04. The summed E-state index contributed by atoms with van der Waals surface area (Å²) in [5.41, 5.74) is 2.47. The van der Waals surface area contributed by atoms with Gasteiger partial charge >= 0.3 is 0 Å².